The predicted octanol–water partition coefficient (Wildman–Crippen LogP) is 14.4. The summed E-state index contributed by atoms with van der Waals surface area (Å²) in [5.41, 5.74) is 16.1. The van der Waals surface area contributed by atoms with E-state index >= 15 is 0 Å². The van der Waals surface area contributed by atoms with Gasteiger partial charge in [0, 0.05) is 23.0 Å². The van der Waals surface area contributed by atoms with Crippen LogP contribution >= 0.6 is 0 Å². The predicted molar refractivity (Wildman–Crippen MR) is 226 cm³/mol. The molecule has 0 spiro atoms. The molecule has 0 aromatic heterocycles. The summed E-state index contributed by atoms with van der Waals surface area (Å²) in [4.78, 5) is 2.60. The van der Waals surface area contributed by atoms with Crippen LogP contribution in [-0.2, 0) is 0 Å². The largest absolute Gasteiger partial charge is 0.337 e. The lowest BCUT2D eigenvalue weighted by molar-refractivity contribution is 0.643. The van der Waals surface area contributed by atoms with E-state index in [0.717, 1.165) is 12.8 Å². The van der Waals surface area contributed by atoms with Gasteiger partial charge < -0.3 is 4.90 Å². The lowest BCUT2D eigenvalue weighted by Gasteiger charge is -2.28. The molecule has 1 heterocycles. The summed E-state index contributed by atoms with van der Waals surface area (Å²) in [5.74, 6) is 0.425. The van der Waals surface area contributed by atoms with Crippen LogP contribution in [0.2, 0.25) is 0 Å². The number of fused-ring (bicyclic) bond motifs is 2. The molecule has 2 unspecified atom stereocenters. The third kappa shape index (κ3) is 5.30. The summed E-state index contributed by atoms with van der Waals surface area (Å²) < 4.78 is 0. The van der Waals surface area contributed by atoms with Crippen LogP contribution in [0, 0.1) is 6.92 Å². The Kier molecular flexibility index (Phi) is 7.96. The van der Waals surface area contributed by atoms with Gasteiger partial charge in [-0.3, -0.25) is 0 Å². The molecular weight excluding hydrogens is 627 g/mol. The van der Waals surface area contributed by atoms with Crippen LogP contribution in [0.15, 0.2) is 157 Å². The summed E-state index contributed by atoms with van der Waals surface area (Å²) in [7, 11) is 0. The maximum atomic E-state index is 2.60. The minimum atomic E-state index is 0.357. The van der Waals surface area contributed by atoms with Gasteiger partial charge in [-0.2, -0.15) is 0 Å². The fraction of sp³-hybridized carbons (Fsp3) is 0.176. The molecule has 0 amide bonds. The maximum absolute atomic E-state index is 2.60. The van der Waals surface area contributed by atoms with E-state index in [2.05, 4.69) is 185 Å². The van der Waals surface area contributed by atoms with Crippen molar-refractivity contribution in [2.45, 2.75) is 59.4 Å². The van der Waals surface area contributed by atoms with E-state index in [9.17, 15) is 0 Å². The second-order valence-electron chi connectivity index (χ2n) is 15.0. The van der Waals surface area contributed by atoms with Gasteiger partial charge in [-0.15, -0.1) is 0 Å². The van der Waals surface area contributed by atoms with Crippen LogP contribution in [0.1, 0.15) is 68.7 Å². The Bertz CT molecular complexity index is 2600. The first-order valence-electron chi connectivity index (χ1n) is 18.9. The van der Waals surface area contributed by atoms with Gasteiger partial charge in [0.05, 0.1) is 5.69 Å². The van der Waals surface area contributed by atoms with Gasteiger partial charge in [0.15, 0.2) is 0 Å². The minimum absolute atomic E-state index is 0.357. The van der Waals surface area contributed by atoms with E-state index in [1.165, 1.54) is 99.4 Å². The third-order valence-electron chi connectivity index (χ3n) is 12.2. The van der Waals surface area contributed by atoms with Crippen molar-refractivity contribution in [3.05, 3.63) is 179 Å². The van der Waals surface area contributed by atoms with Crippen LogP contribution < -0.4 is 4.90 Å². The smallest absolute Gasteiger partial charge is 0.0529 e. The lowest BCUT2D eigenvalue weighted by atomic mass is 9.85. The topological polar surface area (TPSA) is 3.24 Å². The Hall–Kier alpha value is -5.66. The highest BCUT2D eigenvalue weighted by atomic mass is 15.2. The van der Waals surface area contributed by atoms with Gasteiger partial charge in [0.1, 0.15) is 0 Å². The fourth-order valence-corrected chi connectivity index (χ4v) is 8.86. The monoisotopic (exact) mass is 671 g/mol. The van der Waals surface area contributed by atoms with Gasteiger partial charge >= 0.3 is 0 Å². The second-order valence-corrected chi connectivity index (χ2v) is 15.0. The molecule has 0 bridgehead atoms. The van der Waals surface area contributed by atoms with Crippen molar-refractivity contribution in [2.75, 3.05) is 4.90 Å². The molecule has 9 rings (SSSR count). The Balaban J connectivity index is 1.10. The average Bonchev–Trinajstić information content (AvgIpc) is 3.45. The van der Waals surface area contributed by atoms with Gasteiger partial charge in [0.2, 0.25) is 0 Å². The first-order chi connectivity index (χ1) is 25.4. The maximum Gasteiger partial charge on any atom is 0.0529 e. The SMILES string of the molecule is CC(/C=C\C1=CC=C(c2ccccc2)CC1)=C(\C)c1cc2ccc3c4c(cc5ccc(c1C)c2c53)C(C)C(C)N4c1ccc(-c2ccccc2)cc1. The summed E-state index contributed by atoms with van der Waals surface area (Å²) in [6, 6.07) is 45.4. The highest BCUT2D eigenvalue weighted by molar-refractivity contribution is 6.27. The summed E-state index contributed by atoms with van der Waals surface area (Å²) in [6.07, 6.45) is 11.4. The Labute approximate surface area is 308 Å². The third-order valence-corrected chi connectivity index (χ3v) is 12.2. The molecular formula is C51H45N. The Morgan fingerprint density at radius 3 is 1.98 bits per heavy atom. The molecule has 7 aromatic carbocycles. The highest BCUT2D eigenvalue weighted by Gasteiger charge is 2.36. The van der Waals surface area contributed by atoms with Crippen molar-refractivity contribution in [3.8, 4) is 11.1 Å². The van der Waals surface area contributed by atoms with Crippen LogP contribution in [-0.4, -0.2) is 6.04 Å². The van der Waals surface area contributed by atoms with Crippen LogP contribution in [0.25, 0.3) is 54.6 Å². The van der Waals surface area contributed by atoms with E-state index < -0.39 is 0 Å². The molecule has 1 nitrogen and oxygen atoms in total. The Morgan fingerprint density at radius 1 is 0.654 bits per heavy atom. The van der Waals surface area contributed by atoms with Crippen LogP contribution in [0.4, 0.5) is 11.4 Å². The molecule has 2 atom stereocenters. The number of benzene rings is 7. The number of rotatable bonds is 6. The van der Waals surface area contributed by atoms with Crippen molar-refractivity contribution in [2.24, 2.45) is 0 Å². The number of hydrogen-bond donors (Lipinski definition) is 0. The number of aryl methyl sites for hydroxylation is 1. The van der Waals surface area contributed by atoms with Gasteiger partial charge in [-0.25, -0.2) is 0 Å². The highest BCUT2D eigenvalue weighted by Crippen LogP contribution is 2.52. The van der Waals surface area contributed by atoms with Gasteiger partial charge in [0.25, 0.3) is 0 Å². The van der Waals surface area contributed by atoms with E-state index in [0.29, 0.717) is 12.0 Å². The molecule has 1 aliphatic heterocycles. The summed E-state index contributed by atoms with van der Waals surface area (Å²) in [5, 5.41) is 8.15. The Morgan fingerprint density at radius 2 is 1.29 bits per heavy atom. The van der Waals surface area contributed by atoms with Gasteiger partial charge in [-0.1, -0.05) is 128 Å². The van der Waals surface area contributed by atoms with E-state index in [1.54, 1.807) is 0 Å². The second kappa shape index (κ2) is 12.8. The molecule has 52 heavy (non-hydrogen) atoms. The van der Waals surface area contributed by atoms with Gasteiger partial charge in [-0.05, 0) is 147 Å². The zero-order valence-electron chi connectivity index (χ0n) is 30.9. The molecule has 1 heteroatoms. The van der Waals surface area contributed by atoms with Crippen molar-refractivity contribution >= 4 is 54.8 Å². The molecule has 1 aliphatic carbocycles. The van der Waals surface area contributed by atoms with E-state index in [1.807, 2.05) is 0 Å². The number of anilines is 2. The van der Waals surface area contributed by atoms with E-state index in [-0.39, 0.29) is 0 Å². The van der Waals surface area contributed by atoms with Crippen molar-refractivity contribution < 1.29 is 0 Å². The molecule has 0 radical (unpaired) electrons. The molecule has 0 fully saturated rings. The number of allylic oxidation sites excluding steroid dienone is 8. The molecule has 0 saturated heterocycles. The zero-order valence-corrected chi connectivity index (χ0v) is 30.9. The number of nitrogens with zero attached hydrogens (tertiary/aromatic N) is 1. The molecule has 7 aromatic rings. The molecule has 0 saturated carbocycles. The van der Waals surface area contributed by atoms with Crippen LogP contribution in [0.5, 0.6) is 0 Å². The minimum Gasteiger partial charge on any atom is -0.337 e. The molecule has 254 valence electrons. The average molecular weight is 672 g/mol. The molecule has 2 aliphatic rings. The zero-order chi connectivity index (χ0) is 35.5. The quantitative estimate of drug-likeness (QED) is 0.126. The lowest BCUT2D eigenvalue weighted by Crippen LogP contribution is -2.25. The van der Waals surface area contributed by atoms with Crippen molar-refractivity contribution in [3.63, 3.8) is 0 Å². The van der Waals surface area contributed by atoms with E-state index in [4.69, 9.17) is 0 Å². The summed E-state index contributed by atoms with van der Waals surface area (Å²) in [6.45, 7) is 11.6. The normalized spacial score (nSPS) is 18.0. The first-order valence-corrected chi connectivity index (χ1v) is 18.9. The fourth-order valence-electron chi connectivity index (χ4n) is 8.86. The van der Waals surface area contributed by atoms with Crippen molar-refractivity contribution in [1.82, 2.24) is 0 Å². The standard InChI is InChI=1S/C51H45N/c1-32(16-17-37-18-20-40(21-19-37)38-12-8-6-9-13-38)33(2)47-30-42-25-29-46-50-43(24-28-45(35(47)4)49(42)50)31-48-34(3)36(5)52(51(46)48)44-26-22-41(23-27-44)39-14-10-7-11-15-39/h6-18,20,22-31,34,36H,19,21H2,1-5H3/b17-16-,33-32-. The first kappa shape index (κ1) is 32.3. The van der Waals surface area contributed by atoms with Crippen molar-refractivity contribution in [1.29, 1.82) is 0 Å². The summed E-state index contributed by atoms with van der Waals surface area (Å²) >= 11 is 0. The number of hydrogen-bond acceptors (Lipinski definition) is 1. The molecule has 0 N–H and O–H groups in total. The van der Waals surface area contributed by atoms with Crippen LogP contribution in [0.3, 0.4) is 0 Å².